The van der Waals surface area contributed by atoms with Crippen molar-refractivity contribution in [2.45, 2.75) is 58.3 Å². The Balaban J connectivity index is 2.57. The van der Waals surface area contributed by atoms with Crippen molar-refractivity contribution in [3.05, 3.63) is 0 Å². The van der Waals surface area contributed by atoms with E-state index in [0.29, 0.717) is 0 Å². The third-order valence-corrected chi connectivity index (χ3v) is 3.00. The normalized spacial score (nSPS) is 24.4. The Morgan fingerprint density at radius 3 is 2.28 bits per heavy atom. The van der Waals surface area contributed by atoms with E-state index >= 15 is 0 Å². The Kier molecular flexibility index (Phi) is 5.15. The molecule has 1 heterocycles. The fourth-order valence-electron chi connectivity index (χ4n) is 2.80. The van der Waals surface area contributed by atoms with E-state index in [1.54, 1.807) is 0 Å². The van der Waals surface area contributed by atoms with Crippen molar-refractivity contribution in [2.24, 2.45) is 0 Å². The van der Waals surface area contributed by atoms with Crippen molar-refractivity contribution >= 4 is 0 Å². The van der Waals surface area contributed by atoms with Crippen LogP contribution < -0.4 is 5.32 Å². The lowest BCUT2D eigenvalue weighted by Gasteiger charge is -2.47. The predicted octanol–water partition coefficient (Wildman–Crippen LogP) is 1.77. The van der Waals surface area contributed by atoms with Crippen molar-refractivity contribution in [1.29, 1.82) is 5.26 Å². The number of rotatable bonds is 5. The van der Waals surface area contributed by atoms with Gasteiger partial charge in [-0.3, -0.25) is 4.90 Å². The predicted molar refractivity (Wildman–Crippen MR) is 73.4 cm³/mol. The van der Waals surface area contributed by atoms with Gasteiger partial charge in [-0.05, 0) is 40.7 Å². The van der Waals surface area contributed by atoms with Crippen LogP contribution in [-0.4, -0.2) is 48.3 Å². The average Bonchev–Trinajstić information content (AvgIpc) is 2.19. The van der Waals surface area contributed by atoms with E-state index in [4.69, 9.17) is 4.74 Å². The minimum atomic E-state index is -0.146. The van der Waals surface area contributed by atoms with Gasteiger partial charge in [0.2, 0.25) is 0 Å². The summed E-state index contributed by atoms with van der Waals surface area (Å²) in [6.07, 6.45) is 1.05. The molecule has 4 heteroatoms. The molecule has 1 atom stereocenters. The maximum absolute atomic E-state index is 9.17. The van der Waals surface area contributed by atoms with Gasteiger partial charge in [0.15, 0.2) is 0 Å². The van der Waals surface area contributed by atoms with E-state index in [0.717, 1.165) is 32.6 Å². The van der Waals surface area contributed by atoms with Gasteiger partial charge in [0.05, 0.1) is 17.3 Å². The molecule has 0 aromatic rings. The Bertz CT molecular complexity index is 291. The highest BCUT2D eigenvalue weighted by Crippen LogP contribution is 2.27. The van der Waals surface area contributed by atoms with Gasteiger partial charge in [0, 0.05) is 19.6 Å². The maximum atomic E-state index is 9.17. The Hall–Kier alpha value is -0.630. The summed E-state index contributed by atoms with van der Waals surface area (Å²) in [5.74, 6) is 0. The van der Waals surface area contributed by atoms with Crippen LogP contribution in [0.2, 0.25) is 0 Å². The van der Waals surface area contributed by atoms with Crippen LogP contribution in [0.25, 0.3) is 0 Å². The fourth-order valence-corrected chi connectivity index (χ4v) is 2.80. The van der Waals surface area contributed by atoms with Gasteiger partial charge >= 0.3 is 0 Å². The Morgan fingerprint density at radius 2 is 1.83 bits per heavy atom. The summed E-state index contributed by atoms with van der Waals surface area (Å²) in [5, 5.41) is 12.5. The fraction of sp³-hybridized carbons (Fsp3) is 0.929. The first-order valence-electron chi connectivity index (χ1n) is 6.83. The number of nitrogens with zero attached hydrogens (tertiary/aromatic N) is 2. The number of hydrogen-bond acceptors (Lipinski definition) is 4. The van der Waals surface area contributed by atoms with E-state index in [1.807, 2.05) is 0 Å². The van der Waals surface area contributed by atoms with Gasteiger partial charge < -0.3 is 10.1 Å². The molecule has 1 aliphatic rings. The van der Waals surface area contributed by atoms with Gasteiger partial charge in [-0.15, -0.1) is 0 Å². The molecule has 1 N–H and O–H groups in total. The standard InChI is InChI=1S/C14H27N3O/c1-6-7-16-12(8-15)9-17-10-13(2,3)18-14(4,5)11-17/h12,16H,6-7,9-11H2,1-5H3. The van der Waals surface area contributed by atoms with E-state index < -0.39 is 0 Å². The van der Waals surface area contributed by atoms with Crippen LogP contribution in [0.1, 0.15) is 41.0 Å². The monoisotopic (exact) mass is 253 g/mol. The lowest BCUT2D eigenvalue weighted by molar-refractivity contribution is -0.180. The summed E-state index contributed by atoms with van der Waals surface area (Å²) in [6, 6.07) is 2.26. The Morgan fingerprint density at radius 1 is 1.28 bits per heavy atom. The highest BCUT2D eigenvalue weighted by atomic mass is 16.5. The largest absolute Gasteiger partial charge is 0.367 e. The highest BCUT2D eigenvalue weighted by Gasteiger charge is 2.38. The first-order chi connectivity index (χ1) is 8.28. The SMILES string of the molecule is CCCNC(C#N)CN1CC(C)(C)OC(C)(C)C1. The van der Waals surface area contributed by atoms with Crippen molar-refractivity contribution in [2.75, 3.05) is 26.2 Å². The molecule has 1 fully saturated rings. The second-order valence-corrected chi connectivity index (χ2v) is 6.43. The molecule has 1 unspecified atom stereocenters. The molecule has 104 valence electrons. The molecule has 0 bridgehead atoms. The first-order valence-corrected chi connectivity index (χ1v) is 6.83. The molecular formula is C14H27N3O. The molecular weight excluding hydrogens is 226 g/mol. The van der Waals surface area contributed by atoms with Crippen LogP contribution in [0.15, 0.2) is 0 Å². The third kappa shape index (κ3) is 4.93. The molecule has 1 aliphatic heterocycles. The molecule has 4 nitrogen and oxygen atoms in total. The second-order valence-electron chi connectivity index (χ2n) is 6.43. The molecule has 18 heavy (non-hydrogen) atoms. The number of nitriles is 1. The molecule has 1 rings (SSSR count). The van der Waals surface area contributed by atoms with E-state index in [-0.39, 0.29) is 17.2 Å². The third-order valence-electron chi connectivity index (χ3n) is 3.00. The van der Waals surface area contributed by atoms with Crippen molar-refractivity contribution in [1.82, 2.24) is 10.2 Å². The maximum Gasteiger partial charge on any atom is 0.108 e. The zero-order valence-electron chi connectivity index (χ0n) is 12.4. The molecule has 1 saturated heterocycles. The van der Waals surface area contributed by atoms with Gasteiger partial charge in [0.1, 0.15) is 6.04 Å². The van der Waals surface area contributed by atoms with E-state index in [9.17, 15) is 5.26 Å². The molecule has 0 aromatic heterocycles. The van der Waals surface area contributed by atoms with Gasteiger partial charge in [-0.2, -0.15) is 5.26 Å². The van der Waals surface area contributed by atoms with Crippen LogP contribution in [0, 0.1) is 11.3 Å². The molecule has 0 aromatic carbocycles. The van der Waals surface area contributed by atoms with Gasteiger partial charge in [-0.25, -0.2) is 0 Å². The van der Waals surface area contributed by atoms with Crippen LogP contribution in [0.4, 0.5) is 0 Å². The van der Waals surface area contributed by atoms with Crippen LogP contribution in [0.3, 0.4) is 0 Å². The van der Waals surface area contributed by atoms with E-state index in [2.05, 4.69) is 50.9 Å². The second kappa shape index (κ2) is 6.01. The van der Waals surface area contributed by atoms with Crippen LogP contribution in [-0.2, 0) is 4.74 Å². The summed E-state index contributed by atoms with van der Waals surface area (Å²) in [7, 11) is 0. The lowest BCUT2D eigenvalue weighted by Crippen LogP contribution is -2.59. The summed E-state index contributed by atoms with van der Waals surface area (Å²) < 4.78 is 6.04. The van der Waals surface area contributed by atoms with Crippen molar-refractivity contribution in [3.8, 4) is 6.07 Å². The quantitative estimate of drug-likeness (QED) is 0.811. The summed E-state index contributed by atoms with van der Waals surface area (Å²) in [4.78, 5) is 2.33. The summed E-state index contributed by atoms with van der Waals surface area (Å²) in [6.45, 7) is 14.0. The number of morpholine rings is 1. The van der Waals surface area contributed by atoms with Crippen molar-refractivity contribution in [3.63, 3.8) is 0 Å². The van der Waals surface area contributed by atoms with Crippen LogP contribution >= 0.6 is 0 Å². The highest BCUT2D eigenvalue weighted by molar-refractivity contribution is 4.96. The lowest BCUT2D eigenvalue weighted by atomic mass is 9.98. The molecule has 0 aliphatic carbocycles. The molecule has 0 saturated carbocycles. The molecule has 0 spiro atoms. The van der Waals surface area contributed by atoms with Crippen molar-refractivity contribution < 1.29 is 4.74 Å². The number of ether oxygens (including phenoxy) is 1. The van der Waals surface area contributed by atoms with Gasteiger partial charge in [0.25, 0.3) is 0 Å². The zero-order chi connectivity index (χ0) is 13.8. The van der Waals surface area contributed by atoms with Crippen LogP contribution in [0.5, 0.6) is 0 Å². The first kappa shape index (κ1) is 15.4. The average molecular weight is 253 g/mol. The topological polar surface area (TPSA) is 48.3 Å². The van der Waals surface area contributed by atoms with E-state index in [1.165, 1.54) is 0 Å². The minimum Gasteiger partial charge on any atom is -0.367 e. The van der Waals surface area contributed by atoms with Gasteiger partial charge in [-0.1, -0.05) is 6.92 Å². The summed E-state index contributed by atoms with van der Waals surface area (Å²) >= 11 is 0. The Labute approximate surface area is 111 Å². The number of nitrogens with one attached hydrogen (secondary N) is 1. The molecule has 0 radical (unpaired) electrons. The molecule has 0 amide bonds. The number of hydrogen-bond donors (Lipinski definition) is 1. The minimum absolute atomic E-state index is 0.0883. The smallest absolute Gasteiger partial charge is 0.108 e. The zero-order valence-corrected chi connectivity index (χ0v) is 12.4. The summed E-state index contributed by atoms with van der Waals surface area (Å²) in [5.41, 5.74) is -0.293.